The molecule has 17 heavy (non-hydrogen) atoms. The summed E-state index contributed by atoms with van der Waals surface area (Å²) in [6, 6.07) is 0.120. The number of hydrogen-bond donors (Lipinski definition) is 2. The number of nitrogens with two attached hydrogens (primary N) is 1. The maximum Gasteiger partial charge on any atom is 0.127 e. The van der Waals surface area contributed by atoms with Crippen LogP contribution in [-0.2, 0) is 11.3 Å². The van der Waals surface area contributed by atoms with Gasteiger partial charge in [-0.05, 0) is 32.6 Å². The van der Waals surface area contributed by atoms with Crippen molar-refractivity contribution in [2.75, 3.05) is 6.61 Å². The minimum atomic E-state index is 0.120. The van der Waals surface area contributed by atoms with E-state index in [1.807, 2.05) is 12.4 Å². The summed E-state index contributed by atoms with van der Waals surface area (Å²) in [5, 5.41) is 0. The number of aryl methyl sites for hydroxylation is 1. The van der Waals surface area contributed by atoms with Gasteiger partial charge in [-0.15, -0.1) is 0 Å². The maximum atomic E-state index is 5.63. The summed E-state index contributed by atoms with van der Waals surface area (Å²) < 4.78 is 7.75. The molecular weight excluding hydrogens is 216 g/mol. The molecule has 2 rings (SSSR count). The van der Waals surface area contributed by atoms with Crippen molar-refractivity contribution in [1.82, 2.24) is 15.0 Å². The SMILES string of the molecule is CCn1ccnc1C(CCC1CCCO1)NN. The molecule has 3 N–H and O–H groups in total. The van der Waals surface area contributed by atoms with Crippen LogP contribution in [0, 0.1) is 0 Å². The number of ether oxygens (including phenoxy) is 1. The Balaban J connectivity index is 1.91. The Morgan fingerprint density at radius 3 is 3.24 bits per heavy atom. The van der Waals surface area contributed by atoms with E-state index < -0.39 is 0 Å². The van der Waals surface area contributed by atoms with Gasteiger partial charge in [0, 0.05) is 25.5 Å². The van der Waals surface area contributed by atoms with E-state index in [0.29, 0.717) is 6.10 Å². The zero-order chi connectivity index (χ0) is 12.1. The fourth-order valence-corrected chi connectivity index (χ4v) is 2.41. The van der Waals surface area contributed by atoms with Crippen LogP contribution in [0.5, 0.6) is 0 Å². The summed E-state index contributed by atoms with van der Waals surface area (Å²) in [6.07, 6.45) is 8.62. The minimum Gasteiger partial charge on any atom is -0.378 e. The Kier molecular flexibility index (Phi) is 4.53. The lowest BCUT2D eigenvalue weighted by atomic mass is 10.1. The van der Waals surface area contributed by atoms with Crippen LogP contribution in [-0.4, -0.2) is 22.3 Å². The summed E-state index contributed by atoms with van der Waals surface area (Å²) in [4.78, 5) is 4.38. The van der Waals surface area contributed by atoms with Crippen molar-refractivity contribution in [2.45, 2.75) is 51.3 Å². The normalized spacial score (nSPS) is 21.9. The van der Waals surface area contributed by atoms with Gasteiger partial charge >= 0.3 is 0 Å². The van der Waals surface area contributed by atoms with E-state index in [1.54, 1.807) is 0 Å². The predicted octanol–water partition coefficient (Wildman–Crippen LogP) is 1.37. The molecule has 0 spiro atoms. The molecule has 0 saturated carbocycles. The second kappa shape index (κ2) is 6.14. The molecule has 0 aromatic carbocycles. The molecule has 0 aliphatic carbocycles. The second-order valence-corrected chi connectivity index (χ2v) is 4.50. The first-order valence-electron chi connectivity index (χ1n) is 6.44. The first-order chi connectivity index (χ1) is 8.35. The highest BCUT2D eigenvalue weighted by Crippen LogP contribution is 2.22. The van der Waals surface area contributed by atoms with Gasteiger partial charge in [0.05, 0.1) is 12.1 Å². The minimum absolute atomic E-state index is 0.120. The smallest absolute Gasteiger partial charge is 0.127 e. The third kappa shape index (κ3) is 3.06. The standard InChI is InChI=1S/C12H22N4O/c1-2-16-8-7-14-12(16)11(15-13)6-5-10-4-3-9-17-10/h7-8,10-11,15H,2-6,9,13H2,1H3. The van der Waals surface area contributed by atoms with Crippen molar-refractivity contribution in [1.29, 1.82) is 0 Å². The fraction of sp³-hybridized carbons (Fsp3) is 0.750. The molecule has 1 aliphatic heterocycles. The van der Waals surface area contributed by atoms with Gasteiger partial charge in [0.2, 0.25) is 0 Å². The molecule has 2 unspecified atom stereocenters. The molecule has 1 aliphatic rings. The molecule has 1 fully saturated rings. The topological polar surface area (TPSA) is 65.1 Å². The monoisotopic (exact) mass is 238 g/mol. The zero-order valence-corrected chi connectivity index (χ0v) is 10.4. The van der Waals surface area contributed by atoms with Gasteiger partial charge in [0.15, 0.2) is 0 Å². The highest BCUT2D eigenvalue weighted by molar-refractivity contribution is 4.99. The molecule has 1 aromatic rings. The van der Waals surface area contributed by atoms with Crippen molar-refractivity contribution in [2.24, 2.45) is 5.84 Å². The summed E-state index contributed by atoms with van der Waals surface area (Å²) in [7, 11) is 0. The maximum absolute atomic E-state index is 5.63. The molecule has 1 aromatic heterocycles. The van der Waals surface area contributed by atoms with E-state index >= 15 is 0 Å². The lowest BCUT2D eigenvalue weighted by Gasteiger charge is -2.18. The van der Waals surface area contributed by atoms with Crippen LogP contribution >= 0.6 is 0 Å². The van der Waals surface area contributed by atoms with E-state index in [-0.39, 0.29) is 6.04 Å². The number of hydrazine groups is 1. The number of rotatable bonds is 6. The quantitative estimate of drug-likeness (QED) is 0.580. The van der Waals surface area contributed by atoms with Gasteiger partial charge < -0.3 is 9.30 Å². The van der Waals surface area contributed by atoms with Crippen LogP contribution in [0.25, 0.3) is 0 Å². The van der Waals surface area contributed by atoms with Crippen LogP contribution in [0.1, 0.15) is 44.5 Å². The number of hydrogen-bond acceptors (Lipinski definition) is 4. The van der Waals surface area contributed by atoms with Crippen molar-refractivity contribution in [3.8, 4) is 0 Å². The first kappa shape index (κ1) is 12.5. The molecule has 96 valence electrons. The summed E-state index contributed by atoms with van der Waals surface area (Å²) in [5.41, 5.74) is 2.86. The van der Waals surface area contributed by atoms with Gasteiger partial charge in [-0.2, -0.15) is 0 Å². The van der Waals surface area contributed by atoms with Gasteiger partial charge in [0.1, 0.15) is 5.82 Å². The van der Waals surface area contributed by atoms with Crippen molar-refractivity contribution >= 4 is 0 Å². The molecule has 1 saturated heterocycles. The molecular formula is C12H22N4O. The Labute approximate surface area is 102 Å². The van der Waals surface area contributed by atoms with Gasteiger partial charge in [-0.25, -0.2) is 10.4 Å². The Morgan fingerprint density at radius 1 is 1.71 bits per heavy atom. The summed E-state index contributed by atoms with van der Waals surface area (Å²) in [6.45, 7) is 3.95. The number of aromatic nitrogens is 2. The Hall–Kier alpha value is -0.910. The van der Waals surface area contributed by atoms with Crippen molar-refractivity contribution in [3.63, 3.8) is 0 Å². The third-order valence-electron chi connectivity index (χ3n) is 3.40. The highest BCUT2D eigenvalue weighted by atomic mass is 16.5. The van der Waals surface area contributed by atoms with E-state index in [1.165, 1.54) is 12.8 Å². The van der Waals surface area contributed by atoms with Crippen LogP contribution in [0.15, 0.2) is 12.4 Å². The lowest BCUT2D eigenvalue weighted by Crippen LogP contribution is -2.31. The average molecular weight is 238 g/mol. The number of nitrogens with one attached hydrogen (secondary N) is 1. The molecule has 0 amide bonds. The summed E-state index contributed by atoms with van der Waals surface area (Å²) >= 11 is 0. The Morgan fingerprint density at radius 2 is 2.59 bits per heavy atom. The average Bonchev–Trinajstić information content (AvgIpc) is 3.00. The van der Waals surface area contributed by atoms with Crippen LogP contribution in [0.3, 0.4) is 0 Å². The molecule has 5 heteroatoms. The second-order valence-electron chi connectivity index (χ2n) is 4.50. The van der Waals surface area contributed by atoms with E-state index in [2.05, 4.69) is 21.9 Å². The number of nitrogens with zero attached hydrogens (tertiary/aromatic N) is 2. The van der Waals surface area contributed by atoms with Crippen molar-refractivity contribution in [3.05, 3.63) is 18.2 Å². The van der Waals surface area contributed by atoms with Crippen LogP contribution in [0.4, 0.5) is 0 Å². The Bertz CT molecular complexity index is 333. The molecule has 0 radical (unpaired) electrons. The molecule has 0 bridgehead atoms. The third-order valence-corrected chi connectivity index (χ3v) is 3.40. The van der Waals surface area contributed by atoms with Gasteiger partial charge in [-0.1, -0.05) is 0 Å². The molecule has 2 atom stereocenters. The highest BCUT2D eigenvalue weighted by Gasteiger charge is 2.20. The van der Waals surface area contributed by atoms with Crippen LogP contribution < -0.4 is 11.3 Å². The van der Waals surface area contributed by atoms with E-state index in [9.17, 15) is 0 Å². The number of imidazole rings is 1. The van der Waals surface area contributed by atoms with Gasteiger partial charge in [0.25, 0.3) is 0 Å². The van der Waals surface area contributed by atoms with E-state index in [0.717, 1.165) is 31.8 Å². The fourth-order valence-electron chi connectivity index (χ4n) is 2.41. The van der Waals surface area contributed by atoms with Gasteiger partial charge in [-0.3, -0.25) is 5.84 Å². The zero-order valence-electron chi connectivity index (χ0n) is 10.4. The molecule has 2 heterocycles. The lowest BCUT2D eigenvalue weighted by molar-refractivity contribution is 0.0992. The first-order valence-corrected chi connectivity index (χ1v) is 6.44. The van der Waals surface area contributed by atoms with E-state index in [4.69, 9.17) is 10.6 Å². The summed E-state index contributed by atoms with van der Waals surface area (Å²) in [5.74, 6) is 6.65. The molecule has 5 nitrogen and oxygen atoms in total. The largest absolute Gasteiger partial charge is 0.378 e. The van der Waals surface area contributed by atoms with Crippen molar-refractivity contribution < 1.29 is 4.74 Å². The predicted molar refractivity (Wildman–Crippen MR) is 66.2 cm³/mol. The van der Waals surface area contributed by atoms with Crippen LogP contribution in [0.2, 0.25) is 0 Å².